The van der Waals surface area contributed by atoms with Gasteiger partial charge in [0.2, 0.25) is 0 Å². The molecule has 7 heteroatoms. The Morgan fingerprint density at radius 2 is 1.88 bits per heavy atom. The summed E-state index contributed by atoms with van der Waals surface area (Å²) in [5, 5.41) is 16.9. The molecule has 0 aliphatic carbocycles. The molecule has 2 atom stereocenters. The molecule has 4 N–H and O–H groups in total. The summed E-state index contributed by atoms with van der Waals surface area (Å²) < 4.78 is 5.15. The Morgan fingerprint density at radius 3 is 2.33 bits per heavy atom. The Morgan fingerprint density at radius 1 is 1.29 bits per heavy atom. The number of benzene rings is 1. The van der Waals surface area contributed by atoms with E-state index in [9.17, 15) is 14.4 Å². The van der Waals surface area contributed by atoms with Crippen LogP contribution in [0.3, 0.4) is 0 Å². The van der Waals surface area contributed by atoms with Gasteiger partial charge >= 0.3 is 11.9 Å². The van der Waals surface area contributed by atoms with Crippen LogP contribution in [0, 0.1) is 16.7 Å². The second-order valence-electron chi connectivity index (χ2n) is 5.64. The number of carboxylic acids is 1. The molecule has 0 aliphatic rings. The van der Waals surface area contributed by atoms with Gasteiger partial charge in [0, 0.05) is 6.54 Å². The molecule has 24 heavy (non-hydrogen) atoms. The number of ketones is 1. The zero-order chi connectivity index (χ0) is 18.3. The number of nitrogens with one attached hydrogen (secondary N) is 1. The number of ether oxygens (including phenoxy) is 1. The van der Waals surface area contributed by atoms with Crippen LogP contribution in [-0.2, 0) is 25.7 Å². The Labute approximate surface area is 140 Å². The van der Waals surface area contributed by atoms with Crippen LogP contribution in [0.5, 0.6) is 0 Å². The van der Waals surface area contributed by atoms with Crippen LogP contribution in [0.15, 0.2) is 30.3 Å². The van der Waals surface area contributed by atoms with E-state index in [0.29, 0.717) is 0 Å². The van der Waals surface area contributed by atoms with Crippen LogP contribution in [0.4, 0.5) is 0 Å². The van der Waals surface area contributed by atoms with Gasteiger partial charge in [0.1, 0.15) is 17.9 Å². The van der Waals surface area contributed by atoms with Crippen molar-refractivity contribution in [3.05, 3.63) is 35.9 Å². The first-order valence-electron chi connectivity index (χ1n) is 7.55. The predicted octanol–water partition coefficient (Wildman–Crippen LogP) is 1.39. The summed E-state index contributed by atoms with van der Waals surface area (Å²) in [5.41, 5.74) is 3.88. The van der Waals surface area contributed by atoms with Crippen molar-refractivity contribution in [1.29, 1.82) is 5.41 Å². The molecule has 0 heterocycles. The van der Waals surface area contributed by atoms with Crippen LogP contribution < -0.4 is 5.73 Å². The van der Waals surface area contributed by atoms with Gasteiger partial charge in [-0.3, -0.25) is 14.4 Å². The summed E-state index contributed by atoms with van der Waals surface area (Å²) in [4.78, 5) is 35.9. The molecule has 0 saturated carbocycles. The van der Waals surface area contributed by atoms with E-state index in [1.54, 1.807) is 31.2 Å². The molecular formula is C17H22N2O5. The first-order chi connectivity index (χ1) is 11.3. The predicted molar refractivity (Wildman–Crippen MR) is 87.5 cm³/mol. The zero-order valence-electron chi connectivity index (χ0n) is 13.7. The van der Waals surface area contributed by atoms with Crippen molar-refractivity contribution >= 4 is 23.4 Å². The minimum Gasteiger partial charge on any atom is -0.481 e. The van der Waals surface area contributed by atoms with Crippen LogP contribution in [0.25, 0.3) is 0 Å². The molecule has 0 aromatic heterocycles. The Bertz CT molecular complexity index is 629. The summed E-state index contributed by atoms with van der Waals surface area (Å²) in [6.07, 6.45) is 0.0691. The van der Waals surface area contributed by atoms with Gasteiger partial charge in [-0.25, -0.2) is 0 Å². The number of hydrogen-bond acceptors (Lipinski definition) is 6. The fourth-order valence-corrected chi connectivity index (χ4v) is 2.11. The van der Waals surface area contributed by atoms with Gasteiger partial charge in [0.05, 0.1) is 5.71 Å². The zero-order valence-corrected chi connectivity index (χ0v) is 13.7. The fourth-order valence-electron chi connectivity index (χ4n) is 2.11. The van der Waals surface area contributed by atoms with Gasteiger partial charge in [0.25, 0.3) is 0 Å². The number of nitrogens with two attached hydrogens (primary N) is 1. The Balaban J connectivity index is 2.90. The van der Waals surface area contributed by atoms with Gasteiger partial charge < -0.3 is 21.0 Å². The summed E-state index contributed by atoms with van der Waals surface area (Å²) in [7, 11) is 0. The third-order valence-electron chi connectivity index (χ3n) is 3.87. The smallest absolute Gasteiger partial charge is 0.321 e. The van der Waals surface area contributed by atoms with Gasteiger partial charge in [-0.15, -0.1) is 0 Å². The van der Waals surface area contributed by atoms with Crippen LogP contribution in [0.2, 0.25) is 0 Å². The molecule has 0 amide bonds. The van der Waals surface area contributed by atoms with E-state index in [4.69, 9.17) is 21.0 Å². The average Bonchev–Trinajstić information content (AvgIpc) is 2.59. The van der Waals surface area contributed by atoms with E-state index >= 15 is 0 Å². The molecule has 0 fully saturated rings. The van der Waals surface area contributed by atoms with E-state index in [1.165, 1.54) is 6.92 Å². The Hall–Kier alpha value is -2.54. The minimum atomic E-state index is -1.78. The number of carboxylic acid groups (broad SMARTS) is 1. The molecule has 0 aliphatic heterocycles. The molecule has 7 nitrogen and oxygen atoms in total. The van der Waals surface area contributed by atoms with E-state index in [-0.39, 0.29) is 19.6 Å². The maximum Gasteiger partial charge on any atom is 0.321 e. The molecule has 1 aromatic rings. The normalized spacial score (nSPS) is 14.3. The van der Waals surface area contributed by atoms with Crippen LogP contribution in [-0.4, -0.2) is 35.1 Å². The lowest BCUT2D eigenvalue weighted by atomic mass is 9.79. The topological polar surface area (TPSA) is 131 Å². The third kappa shape index (κ3) is 4.26. The van der Waals surface area contributed by atoms with Crippen molar-refractivity contribution in [2.24, 2.45) is 17.1 Å². The first-order valence-corrected chi connectivity index (χ1v) is 7.55. The number of esters is 1. The second kappa shape index (κ2) is 8.35. The molecular weight excluding hydrogens is 312 g/mol. The molecule has 0 saturated heterocycles. The van der Waals surface area contributed by atoms with Gasteiger partial charge in [-0.05, 0) is 18.9 Å². The van der Waals surface area contributed by atoms with Gasteiger partial charge in [0.15, 0.2) is 5.78 Å². The standard InChI is InChI=1S/C17H22N2O5/c1-3-12(15(21)22)13(19)14(20)17(2,10-18)16(23)24-9-11-7-5-4-6-8-11/h4-8,12,19H,3,9-10,18H2,1-2H3,(H,21,22). The van der Waals surface area contributed by atoms with Crippen molar-refractivity contribution in [2.45, 2.75) is 26.9 Å². The lowest BCUT2D eigenvalue weighted by Crippen LogP contribution is -2.49. The van der Waals surface area contributed by atoms with E-state index in [0.717, 1.165) is 5.56 Å². The van der Waals surface area contributed by atoms with Gasteiger partial charge in [-0.2, -0.15) is 0 Å². The van der Waals surface area contributed by atoms with Crippen molar-refractivity contribution in [3.63, 3.8) is 0 Å². The highest BCUT2D eigenvalue weighted by molar-refractivity contribution is 6.46. The lowest BCUT2D eigenvalue weighted by molar-refractivity contribution is -0.158. The average molecular weight is 334 g/mol. The maximum atomic E-state index is 12.5. The quantitative estimate of drug-likeness (QED) is 0.355. The number of rotatable bonds is 9. The molecule has 1 aromatic carbocycles. The van der Waals surface area contributed by atoms with Crippen molar-refractivity contribution in [2.75, 3.05) is 6.54 Å². The molecule has 0 radical (unpaired) electrons. The first kappa shape index (κ1) is 19.5. The maximum absolute atomic E-state index is 12.5. The number of carbonyl (C=O) groups excluding carboxylic acids is 2. The van der Waals surface area contributed by atoms with Crippen molar-refractivity contribution in [1.82, 2.24) is 0 Å². The molecule has 1 rings (SSSR count). The summed E-state index contributed by atoms with van der Waals surface area (Å²) in [6.45, 7) is 2.41. The number of hydrogen-bond donors (Lipinski definition) is 3. The highest BCUT2D eigenvalue weighted by Gasteiger charge is 2.45. The molecule has 130 valence electrons. The summed E-state index contributed by atoms with van der Waals surface area (Å²) in [6, 6.07) is 8.90. The van der Waals surface area contributed by atoms with Gasteiger partial charge in [-0.1, -0.05) is 37.3 Å². The highest BCUT2D eigenvalue weighted by Crippen LogP contribution is 2.23. The van der Waals surface area contributed by atoms with E-state index < -0.39 is 34.8 Å². The highest BCUT2D eigenvalue weighted by atomic mass is 16.5. The SMILES string of the molecule is CCC(C(=N)C(=O)C(C)(CN)C(=O)OCc1ccccc1)C(=O)O. The Kier molecular flexibility index (Phi) is 6.79. The summed E-state index contributed by atoms with van der Waals surface area (Å²) >= 11 is 0. The van der Waals surface area contributed by atoms with Crippen LogP contribution >= 0.6 is 0 Å². The molecule has 2 unspecified atom stereocenters. The second-order valence-corrected chi connectivity index (χ2v) is 5.64. The number of Topliss-reactive ketones (excluding diaryl/α,β-unsaturated/α-hetero) is 1. The monoisotopic (exact) mass is 334 g/mol. The van der Waals surface area contributed by atoms with E-state index in [1.807, 2.05) is 6.07 Å². The fraction of sp³-hybridized carbons (Fsp3) is 0.412. The lowest BCUT2D eigenvalue weighted by Gasteiger charge is -2.25. The van der Waals surface area contributed by atoms with E-state index in [2.05, 4.69) is 0 Å². The largest absolute Gasteiger partial charge is 0.481 e. The number of aliphatic carboxylic acids is 1. The minimum absolute atomic E-state index is 0.0357. The third-order valence-corrected chi connectivity index (χ3v) is 3.87. The van der Waals surface area contributed by atoms with Crippen molar-refractivity contribution in [3.8, 4) is 0 Å². The van der Waals surface area contributed by atoms with Crippen molar-refractivity contribution < 1.29 is 24.2 Å². The number of carbonyl (C=O) groups is 3. The molecule has 0 spiro atoms. The molecule has 0 bridgehead atoms. The van der Waals surface area contributed by atoms with Crippen LogP contribution in [0.1, 0.15) is 25.8 Å². The summed E-state index contributed by atoms with van der Waals surface area (Å²) in [5.74, 6) is -4.35.